The third-order valence-corrected chi connectivity index (χ3v) is 4.95. The normalized spacial score (nSPS) is 14.3. The summed E-state index contributed by atoms with van der Waals surface area (Å²) < 4.78 is 11.1. The number of anilines is 2. The van der Waals surface area contributed by atoms with E-state index >= 15 is 0 Å². The number of carbonyl (C=O) groups excluding carboxylic acids is 1. The highest BCUT2D eigenvalue weighted by Crippen LogP contribution is 2.29. The third-order valence-electron chi connectivity index (χ3n) is 4.65. The minimum Gasteiger partial charge on any atom is -0.457 e. The zero-order valence-corrected chi connectivity index (χ0v) is 16.6. The number of nitrogens with one attached hydrogen (secondary N) is 1. The number of halogens is 1. The molecule has 0 saturated carbocycles. The lowest BCUT2D eigenvalue weighted by Gasteiger charge is -2.29. The van der Waals surface area contributed by atoms with Crippen molar-refractivity contribution >= 4 is 35.0 Å². The van der Waals surface area contributed by atoms with Crippen LogP contribution in [-0.4, -0.2) is 32.2 Å². The van der Waals surface area contributed by atoms with Crippen molar-refractivity contribution in [3.8, 4) is 11.3 Å². The summed E-state index contributed by atoms with van der Waals surface area (Å²) in [7, 11) is 0. The second-order valence-corrected chi connectivity index (χ2v) is 7.06. The topological polar surface area (TPSA) is 54.7 Å². The van der Waals surface area contributed by atoms with Crippen LogP contribution >= 0.6 is 11.6 Å². The van der Waals surface area contributed by atoms with E-state index in [0.717, 1.165) is 30.1 Å². The molecule has 1 aliphatic heterocycles. The van der Waals surface area contributed by atoms with Crippen LogP contribution in [-0.2, 0) is 9.53 Å². The van der Waals surface area contributed by atoms with Gasteiger partial charge in [-0.05, 0) is 36.4 Å². The zero-order valence-electron chi connectivity index (χ0n) is 15.8. The van der Waals surface area contributed by atoms with Crippen molar-refractivity contribution in [2.75, 3.05) is 36.5 Å². The average molecular weight is 409 g/mol. The molecular weight excluding hydrogens is 388 g/mol. The Labute approximate surface area is 174 Å². The summed E-state index contributed by atoms with van der Waals surface area (Å²) in [5.41, 5.74) is 2.59. The van der Waals surface area contributed by atoms with E-state index in [4.69, 9.17) is 20.8 Å². The summed E-state index contributed by atoms with van der Waals surface area (Å²) in [6.45, 7) is 3.00. The Kier molecular flexibility index (Phi) is 5.98. The Morgan fingerprint density at radius 2 is 1.83 bits per heavy atom. The Hall–Kier alpha value is -3.02. The predicted octanol–water partition coefficient (Wildman–Crippen LogP) is 5.09. The molecule has 0 unspecified atom stereocenters. The number of furan rings is 1. The Morgan fingerprint density at radius 3 is 2.59 bits per heavy atom. The summed E-state index contributed by atoms with van der Waals surface area (Å²) in [5.74, 6) is 1.12. The molecule has 2 aromatic carbocycles. The van der Waals surface area contributed by atoms with E-state index in [9.17, 15) is 4.79 Å². The average Bonchev–Trinajstić information content (AvgIpc) is 3.23. The molecule has 2 heterocycles. The van der Waals surface area contributed by atoms with Gasteiger partial charge in [-0.15, -0.1) is 0 Å². The number of benzene rings is 2. The number of rotatable bonds is 5. The minimum absolute atomic E-state index is 0.252. The quantitative estimate of drug-likeness (QED) is 0.597. The molecule has 0 radical (unpaired) electrons. The molecule has 1 amide bonds. The number of hydrogen-bond donors (Lipinski definition) is 1. The van der Waals surface area contributed by atoms with Crippen LogP contribution in [0.15, 0.2) is 71.2 Å². The van der Waals surface area contributed by atoms with Crippen molar-refractivity contribution < 1.29 is 13.9 Å². The van der Waals surface area contributed by atoms with Crippen LogP contribution in [0.2, 0.25) is 5.02 Å². The van der Waals surface area contributed by atoms with Crippen molar-refractivity contribution in [3.63, 3.8) is 0 Å². The van der Waals surface area contributed by atoms with Crippen LogP contribution in [0.3, 0.4) is 0 Å². The molecule has 4 rings (SSSR count). The first-order chi connectivity index (χ1) is 14.2. The largest absolute Gasteiger partial charge is 0.457 e. The molecule has 1 aliphatic rings. The summed E-state index contributed by atoms with van der Waals surface area (Å²) in [5, 5.41) is 3.43. The number of amides is 1. The second-order valence-electron chi connectivity index (χ2n) is 6.66. The Balaban J connectivity index is 1.38. The molecule has 29 heavy (non-hydrogen) atoms. The predicted molar refractivity (Wildman–Crippen MR) is 116 cm³/mol. The minimum atomic E-state index is -0.252. The highest BCUT2D eigenvalue weighted by atomic mass is 35.5. The monoisotopic (exact) mass is 408 g/mol. The lowest BCUT2D eigenvalue weighted by atomic mass is 10.2. The standard InChI is InChI=1S/C23H21ClN2O3/c24-20-16-18(6-9-21(20)26-12-14-28-15-13-26)25-23(27)11-8-19-7-10-22(29-19)17-4-2-1-3-5-17/h1-11,16H,12-15H2,(H,25,27)/b11-8+. The lowest BCUT2D eigenvalue weighted by Crippen LogP contribution is -2.36. The van der Waals surface area contributed by atoms with Crippen molar-refractivity contribution in [1.29, 1.82) is 0 Å². The van der Waals surface area contributed by atoms with E-state index in [1.807, 2.05) is 54.6 Å². The fourth-order valence-corrected chi connectivity index (χ4v) is 3.49. The molecule has 0 aliphatic carbocycles. The molecule has 5 nitrogen and oxygen atoms in total. The van der Waals surface area contributed by atoms with Gasteiger partial charge in [0.05, 0.1) is 23.9 Å². The van der Waals surface area contributed by atoms with Crippen LogP contribution in [0.25, 0.3) is 17.4 Å². The summed E-state index contributed by atoms with van der Waals surface area (Å²) in [6.07, 6.45) is 3.09. The molecule has 1 N–H and O–H groups in total. The van der Waals surface area contributed by atoms with E-state index in [1.54, 1.807) is 12.1 Å². The molecule has 1 fully saturated rings. The second kappa shape index (κ2) is 8.99. The summed E-state index contributed by atoms with van der Waals surface area (Å²) >= 11 is 6.41. The van der Waals surface area contributed by atoms with Crippen LogP contribution < -0.4 is 10.2 Å². The van der Waals surface area contributed by atoms with Crippen molar-refractivity contribution in [1.82, 2.24) is 0 Å². The number of hydrogen-bond acceptors (Lipinski definition) is 4. The number of morpholine rings is 1. The fraction of sp³-hybridized carbons (Fsp3) is 0.174. The van der Waals surface area contributed by atoms with Gasteiger partial charge in [-0.1, -0.05) is 41.9 Å². The van der Waals surface area contributed by atoms with Gasteiger partial charge in [0.2, 0.25) is 5.91 Å². The van der Waals surface area contributed by atoms with Gasteiger partial charge in [0.25, 0.3) is 0 Å². The highest BCUT2D eigenvalue weighted by molar-refractivity contribution is 6.33. The maximum atomic E-state index is 12.3. The summed E-state index contributed by atoms with van der Waals surface area (Å²) in [6, 6.07) is 19.1. The first-order valence-corrected chi connectivity index (χ1v) is 9.83. The van der Waals surface area contributed by atoms with Gasteiger partial charge < -0.3 is 19.4 Å². The van der Waals surface area contributed by atoms with Gasteiger partial charge in [-0.3, -0.25) is 4.79 Å². The molecule has 0 bridgehead atoms. The number of carbonyl (C=O) groups is 1. The van der Waals surface area contributed by atoms with Crippen molar-refractivity contribution in [2.45, 2.75) is 0 Å². The van der Waals surface area contributed by atoms with E-state index in [0.29, 0.717) is 29.7 Å². The maximum absolute atomic E-state index is 12.3. The van der Waals surface area contributed by atoms with Gasteiger partial charge in [0.1, 0.15) is 11.5 Å². The molecule has 148 valence electrons. The molecule has 0 spiro atoms. The zero-order chi connectivity index (χ0) is 20.1. The molecule has 1 saturated heterocycles. The smallest absolute Gasteiger partial charge is 0.248 e. The lowest BCUT2D eigenvalue weighted by molar-refractivity contribution is -0.111. The molecule has 0 atom stereocenters. The summed E-state index contributed by atoms with van der Waals surface area (Å²) in [4.78, 5) is 14.4. The molecule has 6 heteroatoms. The van der Waals surface area contributed by atoms with Gasteiger partial charge in [-0.25, -0.2) is 0 Å². The SMILES string of the molecule is O=C(/C=C/c1ccc(-c2ccccc2)o1)Nc1ccc(N2CCOCC2)c(Cl)c1. The van der Waals surface area contributed by atoms with Crippen LogP contribution in [0.1, 0.15) is 5.76 Å². The molecule has 3 aromatic rings. The van der Waals surface area contributed by atoms with E-state index in [1.165, 1.54) is 6.08 Å². The van der Waals surface area contributed by atoms with Gasteiger partial charge in [0.15, 0.2) is 0 Å². The van der Waals surface area contributed by atoms with Crippen molar-refractivity contribution in [2.24, 2.45) is 0 Å². The number of nitrogens with zero attached hydrogens (tertiary/aromatic N) is 1. The van der Waals surface area contributed by atoms with E-state index < -0.39 is 0 Å². The first-order valence-electron chi connectivity index (χ1n) is 9.45. The molecule has 1 aromatic heterocycles. The third kappa shape index (κ3) is 4.88. The van der Waals surface area contributed by atoms with Gasteiger partial charge in [-0.2, -0.15) is 0 Å². The number of ether oxygens (including phenoxy) is 1. The fourth-order valence-electron chi connectivity index (χ4n) is 3.19. The Bertz CT molecular complexity index is 1010. The highest BCUT2D eigenvalue weighted by Gasteiger charge is 2.14. The van der Waals surface area contributed by atoms with Crippen LogP contribution in [0.5, 0.6) is 0 Å². The van der Waals surface area contributed by atoms with Gasteiger partial charge >= 0.3 is 0 Å². The van der Waals surface area contributed by atoms with E-state index in [2.05, 4.69) is 10.2 Å². The van der Waals surface area contributed by atoms with Crippen LogP contribution in [0.4, 0.5) is 11.4 Å². The molecular formula is C23H21ClN2O3. The van der Waals surface area contributed by atoms with E-state index in [-0.39, 0.29) is 5.91 Å². The maximum Gasteiger partial charge on any atom is 0.248 e. The first kappa shape index (κ1) is 19.3. The van der Waals surface area contributed by atoms with Crippen LogP contribution in [0, 0.1) is 0 Å². The Morgan fingerprint density at radius 1 is 1.03 bits per heavy atom. The van der Waals surface area contributed by atoms with Crippen molar-refractivity contribution in [3.05, 3.63) is 77.5 Å². The van der Waals surface area contributed by atoms with Gasteiger partial charge in [0, 0.05) is 30.4 Å².